The second-order valence-electron chi connectivity index (χ2n) is 11.3. The molecule has 4 aliphatic heterocycles. The van der Waals surface area contributed by atoms with E-state index in [4.69, 9.17) is 4.74 Å². The molecule has 6 atom stereocenters. The highest BCUT2D eigenvalue weighted by Crippen LogP contribution is 2.54. The Hall–Kier alpha value is -2.97. The summed E-state index contributed by atoms with van der Waals surface area (Å²) in [4.78, 5) is 47.8. The minimum absolute atomic E-state index is 0.172. The average Bonchev–Trinajstić information content (AvgIpc) is 3.23. The molecule has 1 unspecified atom stereocenters. The van der Waals surface area contributed by atoms with Crippen molar-refractivity contribution in [2.24, 2.45) is 17.8 Å². The first-order chi connectivity index (χ1) is 18.3. The van der Waals surface area contributed by atoms with Crippen molar-refractivity contribution < 1.29 is 24.2 Å². The molecule has 8 heteroatoms. The number of unbranched alkanes of at least 4 members (excludes halogenated alkanes) is 1. The molecule has 4 aliphatic rings. The van der Waals surface area contributed by atoms with Crippen LogP contribution >= 0.6 is 0 Å². The number of aliphatic hydroxyl groups excluding tert-OH is 1. The SMILES string of the molecule is CCCCN1CC=C[C@]23O[C@@H]4C=CCN(c5ccccc5)C(=O)[C@@H]4[C@H]2C(=O)N([C@@H](CO)CC(C)C)C3C1=O. The van der Waals surface area contributed by atoms with Gasteiger partial charge in [0.1, 0.15) is 11.6 Å². The number of rotatable bonds is 8. The lowest BCUT2D eigenvalue weighted by atomic mass is 9.77. The van der Waals surface area contributed by atoms with E-state index in [2.05, 4.69) is 6.92 Å². The molecule has 2 saturated heterocycles. The third kappa shape index (κ3) is 4.28. The third-order valence-electron chi connectivity index (χ3n) is 8.38. The van der Waals surface area contributed by atoms with Crippen LogP contribution in [0.15, 0.2) is 54.6 Å². The first kappa shape index (κ1) is 26.6. The van der Waals surface area contributed by atoms with Crippen LogP contribution in [0, 0.1) is 17.8 Å². The topological polar surface area (TPSA) is 90.4 Å². The number of ether oxygens (including phenoxy) is 1. The van der Waals surface area contributed by atoms with Crippen LogP contribution in [0.4, 0.5) is 5.69 Å². The Morgan fingerprint density at radius 3 is 2.50 bits per heavy atom. The molecule has 38 heavy (non-hydrogen) atoms. The molecule has 1 spiro atoms. The molecule has 1 aromatic rings. The second-order valence-corrected chi connectivity index (χ2v) is 11.3. The van der Waals surface area contributed by atoms with Crippen molar-refractivity contribution in [3.05, 3.63) is 54.6 Å². The van der Waals surface area contributed by atoms with E-state index in [0.717, 1.165) is 18.5 Å². The van der Waals surface area contributed by atoms with Gasteiger partial charge in [0.25, 0.3) is 0 Å². The molecular formula is C30H39N3O5. The van der Waals surface area contributed by atoms with Crippen molar-refractivity contribution in [1.29, 1.82) is 0 Å². The second kappa shape index (κ2) is 10.7. The van der Waals surface area contributed by atoms with Crippen LogP contribution < -0.4 is 4.90 Å². The Bertz CT molecular complexity index is 1120. The zero-order valence-corrected chi connectivity index (χ0v) is 22.5. The third-order valence-corrected chi connectivity index (χ3v) is 8.38. The normalized spacial score (nSPS) is 31.4. The molecule has 1 N–H and O–H groups in total. The van der Waals surface area contributed by atoms with Crippen LogP contribution in [-0.2, 0) is 19.1 Å². The Morgan fingerprint density at radius 1 is 1.05 bits per heavy atom. The monoisotopic (exact) mass is 521 g/mol. The zero-order valence-electron chi connectivity index (χ0n) is 22.5. The van der Waals surface area contributed by atoms with Gasteiger partial charge in [-0.3, -0.25) is 14.4 Å². The molecule has 0 aromatic heterocycles. The molecule has 3 amide bonds. The number of anilines is 1. The number of hydrogen-bond acceptors (Lipinski definition) is 5. The van der Waals surface area contributed by atoms with Crippen molar-refractivity contribution >= 4 is 23.4 Å². The molecule has 0 radical (unpaired) electrons. The number of carbonyl (C=O) groups is 3. The van der Waals surface area contributed by atoms with Crippen LogP contribution in [0.2, 0.25) is 0 Å². The first-order valence-electron chi connectivity index (χ1n) is 13.9. The lowest BCUT2D eigenvalue weighted by Crippen LogP contribution is -2.58. The van der Waals surface area contributed by atoms with E-state index in [1.165, 1.54) is 0 Å². The molecule has 1 aromatic carbocycles. The predicted octanol–water partition coefficient (Wildman–Crippen LogP) is 2.78. The van der Waals surface area contributed by atoms with Gasteiger partial charge in [-0.15, -0.1) is 0 Å². The summed E-state index contributed by atoms with van der Waals surface area (Å²) in [7, 11) is 0. The summed E-state index contributed by atoms with van der Waals surface area (Å²) < 4.78 is 6.71. The van der Waals surface area contributed by atoms with Gasteiger partial charge in [0.05, 0.1) is 30.6 Å². The number of nitrogens with zero attached hydrogens (tertiary/aromatic N) is 3. The highest BCUT2D eigenvalue weighted by atomic mass is 16.5. The molecule has 0 bridgehead atoms. The Labute approximate surface area is 224 Å². The molecular weight excluding hydrogens is 482 g/mol. The standard InChI is InChI=1S/C30H39N3O5/c1-4-5-15-31-16-10-14-30-25(28(36)33(26(30)29(31)37)22(19-34)18-20(2)3)24-23(38-30)13-9-17-32(27(24)35)21-11-7-6-8-12-21/h6-14,20,22-26,34H,4-5,15-19H2,1-3H3/t22-,23-,24+,25+,26?,30+/m1/s1. The molecule has 204 valence electrons. The summed E-state index contributed by atoms with van der Waals surface area (Å²) in [5, 5.41) is 10.4. The number of carbonyl (C=O) groups excluding carboxylic acids is 3. The quantitative estimate of drug-likeness (QED) is 0.532. The maximum Gasteiger partial charge on any atom is 0.249 e. The van der Waals surface area contributed by atoms with Gasteiger partial charge in [0.15, 0.2) is 0 Å². The van der Waals surface area contributed by atoms with E-state index in [-0.39, 0.29) is 30.2 Å². The average molecular weight is 522 g/mol. The zero-order chi connectivity index (χ0) is 27.0. The van der Waals surface area contributed by atoms with Crippen molar-refractivity contribution in [3.8, 4) is 0 Å². The van der Waals surface area contributed by atoms with E-state index in [1.807, 2.05) is 68.5 Å². The fraction of sp³-hybridized carbons (Fsp3) is 0.567. The van der Waals surface area contributed by atoms with Crippen LogP contribution in [0.1, 0.15) is 40.0 Å². The molecule has 0 aliphatic carbocycles. The summed E-state index contributed by atoms with van der Waals surface area (Å²) in [6.07, 6.45) is 9.30. The van der Waals surface area contributed by atoms with Crippen molar-refractivity contribution in [2.45, 2.75) is 63.8 Å². The Balaban J connectivity index is 1.60. The highest BCUT2D eigenvalue weighted by molar-refractivity contribution is 6.03. The van der Waals surface area contributed by atoms with Gasteiger partial charge >= 0.3 is 0 Å². The Kier molecular flexibility index (Phi) is 7.47. The summed E-state index contributed by atoms with van der Waals surface area (Å²) in [5.41, 5.74) is -0.511. The van der Waals surface area contributed by atoms with E-state index in [0.29, 0.717) is 26.1 Å². The van der Waals surface area contributed by atoms with Crippen molar-refractivity contribution in [2.75, 3.05) is 31.1 Å². The first-order valence-corrected chi connectivity index (χ1v) is 13.9. The van der Waals surface area contributed by atoms with E-state index in [1.54, 1.807) is 14.7 Å². The van der Waals surface area contributed by atoms with Crippen molar-refractivity contribution in [1.82, 2.24) is 9.80 Å². The lowest BCUT2D eigenvalue weighted by molar-refractivity contribution is -0.150. The molecule has 2 fully saturated rings. The predicted molar refractivity (Wildman–Crippen MR) is 144 cm³/mol. The number of likely N-dealkylation sites (tertiary alicyclic amines) is 1. The van der Waals surface area contributed by atoms with Crippen LogP contribution in [0.3, 0.4) is 0 Å². The fourth-order valence-corrected chi connectivity index (χ4v) is 6.73. The number of benzene rings is 1. The molecule has 5 rings (SSSR count). The van der Waals surface area contributed by atoms with Gasteiger partial charge in [-0.25, -0.2) is 0 Å². The summed E-state index contributed by atoms with van der Waals surface area (Å²) in [6.45, 7) is 7.28. The van der Waals surface area contributed by atoms with Gasteiger partial charge in [0.2, 0.25) is 17.7 Å². The van der Waals surface area contributed by atoms with Gasteiger partial charge in [-0.1, -0.05) is 69.7 Å². The van der Waals surface area contributed by atoms with E-state index < -0.39 is 35.6 Å². The van der Waals surface area contributed by atoms with Gasteiger partial charge in [0, 0.05) is 25.3 Å². The molecule has 0 saturated carbocycles. The largest absolute Gasteiger partial charge is 0.394 e. The van der Waals surface area contributed by atoms with E-state index in [9.17, 15) is 19.5 Å². The maximum absolute atomic E-state index is 14.4. The number of para-hydroxylation sites is 1. The Morgan fingerprint density at radius 2 is 1.82 bits per heavy atom. The summed E-state index contributed by atoms with van der Waals surface area (Å²) in [6, 6.07) is 7.97. The van der Waals surface area contributed by atoms with Crippen LogP contribution in [0.25, 0.3) is 0 Å². The highest BCUT2D eigenvalue weighted by Gasteiger charge is 2.72. The van der Waals surface area contributed by atoms with Gasteiger partial charge < -0.3 is 24.5 Å². The van der Waals surface area contributed by atoms with E-state index >= 15 is 0 Å². The van der Waals surface area contributed by atoms with Crippen LogP contribution in [0.5, 0.6) is 0 Å². The fourth-order valence-electron chi connectivity index (χ4n) is 6.73. The minimum Gasteiger partial charge on any atom is -0.394 e. The van der Waals surface area contributed by atoms with Gasteiger partial charge in [-0.2, -0.15) is 0 Å². The van der Waals surface area contributed by atoms with Crippen LogP contribution in [-0.4, -0.2) is 82.7 Å². The lowest BCUT2D eigenvalue weighted by Gasteiger charge is -2.39. The number of amides is 3. The summed E-state index contributed by atoms with van der Waals surface area (Å²) >= 11 is 0. The smallest absolute Gasteiger partial charge is 0.249 e. The molecule has 4 heterocycles. The van der Waals surface area contributed by atoms with Gasteiger partial charge in [-0.05, 0) is 30.9 Å². The summed E-state index contributed by atoms with van der Waals surface area (Å²) in [5.74, 6) is -2.06. The number of hydrogen-bond donors (Lipinski definition) is 1. The number of fused-ring (bicyclic) bond motifs is 2. The van der Waals surface area contributed by atoms with Crippen molar-refractivity contribution in [3.63, 3.8) is 0 Å². The minimum atomic E-state index is -1.27. The number of aliphatic hydroxyl groups is 1. The maximum atomic E-state index is 14.4. The molecule has 8 nitrogen and oxygen atoms in total.